The van der Waals surface area contributed by atoms with Gasteiger partial charge in [0, 0.05) is 42.1 Å². The molecule has 0 fully saturated rings. The van der Waals surface area contributed by atoms with Gasteiger partial charge in [-0.25, -0.2) is 4.98 Å². The Morgan fingerprint density at radius 1 is 1.28 bits per heavy atom. The number of hydrogen-bond acceptors (Lipinski definition) is 7. The summed E-state index contributed by atoms with van der Waals surface area (Å²) in [5.74, 6) is 0.541. The van der Waals surface area contributed by atoms with E-state index in [1.807, 2.05) is 24.4 Å². The highest BCUT2D eigenvalue weighted by atomic mass is 32.1. The molecule has 168 valence electrons. The van der Waals surface area contributed by atoms with Crippen LogP contribution < -0.4 is 15.6 Å². The summed E-state index contributed by atoms with van der Waals surface area (Å²) < 4.78 is 7.41. The van der Waals surface area contributed by atoms with E-state index in [0.717, 1.165) is 40.4 Å². The van der Waals surface area contributed by atoms with E-state index in [1.165, 1.54) is 11.6 Å². The number of aliphatic hydroxyl groups excluding tert-OH is 2. The summed E-state index contributed by atoms with van der Waals surface area (Å²) in [6.45, 7) is 3.03. The average Bonchev–Trinajstić information content (AvgIpc) is 3.22. The number of pyridine rings is 1. The number of fused-ring (bicyclic) bond motifs is 1. The van der Waals surface area contributed by atoms with Crippen LogP contribution in [0.5, 0.6) is 5.75 Å². The van der Waals surface area contributed by atoms with Gasteiger partial charge in [0.1, 0.15) is 17.4 Å². The number of nitrogens with zero attached hydrogens (tertiary/aromatic N) is 2. The van der Waals surface area contributed by atoms with E-state index in [2.05, 4.69) is 28.5 Å². The number of ether oxygens (including phenoxy) is 1. The zero-order chi connectivity index (χ0) is 22.5. The molecule has 2 heterocycles. The number of hydrogen-bond donors (Lipinski definition) is 3. The number of thiazole rings is 1. The number of rotatable bonds is 9. The molecule has 2 aromatic heterocycles. The van der Waals surface area contributed by atoms with E-state index in [0.29, 0.717) is 25.4 Å². The first-order valence-electron chi connectivity index (χ1n) is 10.6. The lowest BCUT2D eigenvalue weighted by molar-refractivity contribution is 0.0942. The lowest BCUT2D eigenvalue weighted by Crippen LogP contribution is -2.29. The van der Waals surface area contributed by atoms with Crippen LogP contribution >= 0.6 is 11.3 Å². The maximum Gasteiger partial charge on any atom is 0.258 e. The van der Waals surface area contributed by atoms with Gasteiger partial charge in [0.25, 0.3) is 5.56 Å². The zero-order valence-corrected chi connectivity index (χ0v) is 18.8. The van der Waals surface area contributed by atoms with Gasteiger partial charge in [-0.2, -0.15) is 0 Å². The highest BCUT2D eigenvalue weighted by molar-refractivity contribution is 7.09. The molecule has 3 aromatic rings. The van der Waals surface area contributed by atoms with Gasteiger partial charge in [0.2, 0.25) is 0 Å². The van der Waals surface area contributed by atoms with Crippen molar-refractivity contribution in [2.75, 3.05) is 13.2 Å². The van der Waals surface area contributed by atoms with Crippen LogP contribution in [0.25, 0.3) is 11.8 Å². The Kier molecular flexibility index (Phi) is 7.16. The highest BCUT2D eigenvalue weighted by Crippen LogP contribution is 2.27. The summed E-state index contributed by atoms with van der Waals surface area (Å²) in [5, 5.41) is 24.3. The molecule has 8 heteroatoms. The van der Waals surface area contributed by atoms with Gasteiger partial charge in [-0.1, -0.05) is 18.2 Å². The molecule has 0 saturated heterocycles. The fraction of sp³-hybridized carbons (Fsp3) is 0.333. The molecule has 32 heavy (non-hydrogen) atoms. The third kappa shape index (κ3) is 5.52. The van der Waals surface area contributed by atoms with Crippen LogP contribution in [0.2, 0.25) is 0 Å². The molecule has 0 bridgehead atoms. The van der Waals surface area contributed by atoms with E-state index in [-0.39, 0.29) is 12.2 Å². The molecule has 1 aromatic carbocycles. The zero-order valence-electron chi connectivity index (χ0n) is 18.0. The molecular weight excluding hydrogens is 426 g/mol. The number of allylic oxidation sites excluding steroid dienone is 1. The van der Waals surface area contributed by atoms with Crippen LogP contribution in [0.4, 0.5) is 0 Å². The summed E-state index contributed by atoms with van der Waals surface area (Å²) in [6.07, 6.45) is 4.70. The predicted molar refractivity (Wildman–Crippen MR) is 126 cm³/mol. The van der Waals surface area contributed by atoms with E-state index >= 15 is 0 Å². The van der Waals surface area contributed by atoms with E-state index < -0.39 is 6.10 Å². The SMILES string of the molecule is Cc1csc(COc2ccn(C3=Cc4ccc(CNCC(O)CO)cc4CC3)c(=O)c2)n1. The van der Waals surface area contributed by atoms with Crippen LogP contribution in [-0.4, -0.2) is 39.0 Å². The molecule has 4 rings (SSSR count). The third-order valence-corrected chi connectivity index (χ3v) is 6.27. The van der Waals surface area contributed by atoms with Crippen molar-refractivity contribution in [3.63, 3.8) is 0 Å². The van der Waals surface area contributed by atoms with Crippen LogP contribution in [-0.2, 0) is 19.6 Å². The molecule has 0 saturated carbocycles. The van der Waals surface area contributed by atoms with Gasteiger partial charge in [-0.15, -0.1) is 11.3 Å². The van der Waals surface area contributed by atoms with Crippen molar-refractivity contribution < 1.29 is 14.9 Å². The molecule has 0 radical (unpaired) electrons. The quantitative estimate of drug-likeness (QED) is 0.461. The lowest BCUT2D eigenvalue weighted by atomic mass is 9.93. The molecule has 3 N–H and O–H groups in total. The fourth-order valence-electron chi connectivity index (χ4n) is 3.68. The Hall–Kier alpha value is -2.78. The molecular formula is C24H27N3O4S. The highest BCUT2D eigenvalue weighted by Gasteiger charge is 2.14. The van der Waals surface area contributed by atoms with Crippen LogP contribution in [0, 0.1) is 6.92 Å². The number of aryl methyl sites for hydroxylation is 2. The summed E-state index contributed by atoms with van der Waals surface area (Å²) in [4.78, 5) is 17.1. The van der Waals surface area contributed by atoms with Crippen molar-refractivity contribution in [3.8, 4) is 5.75 Å². The average molecular weight is 454 g/mol. The minimum absolute atomic E-state index is 0.115. The Labute approximate surface area is 190 Å². The largest absolute Gasteiger partial charge is 0.486 e. The van der Waals surface area contributed by atoms with E-state index in [9.17, 15) is 9.90 Å². The predicted octanol–water partition coefficient (Wildman–Crippen LogP) is 2.58. The number of benzene rings is 1. The van der Waals surface area contributed by atoms with E-state index in [4.69, 9.17) is 9.84 Å². The second kappa shape index (κ2) is 10.2. The molecule has 7 nitrogen and oxygen atoms in total. The Bertz CT molecular complexity index is 1170. The van der Waals surface area contributed by atoms with Crippen molar-refractivity contribution in [1.29, 1.82) is 0 Å². The summed E-state index contributed by atoms with van der Waals surface area (Å²) in [6, 6.07) is 9.59. The number of aliphatic hydroxyl groups is 2. The van der Waals surface area contributed by atoms with Gasteiger partial charge >= 0.3 is 0 Å². The second-order valence-electron chi connectivity index (χ2n) is 7.88. The maximum absolute atomic E-state index is 12.7. The van der Waals surface area contributed by atoms with Gasteiger partial charge < -0.3 is 20.3 Å². The normalized spacial score (nSPS) is 14.0. The van der Waals surface area contributed by atoms with Gasteiger partial charge in [-0.05, 0) is 48.6 Å². The Balaban J connectivity index is 1.42. The van der Waals surface area contributed by atoms with E-state index in [1.54, 1.807) is 22.1 Å². The topological polar surface area (TPSA) is 96.6 Å². The van der Waals surface area contributed by atoms with Gasteiger partial charge in [0.15, 0.2) is 0 Å². The second-order valence-corrected chi connectivity index (χ2v) is 8.82. The molecule has 1 aliphatic carbocycles. The summed E-state index contributed by atoms with van der Waals surface area (Å²) >= 11 is 1.55. The van der Waals surface area contributed by atoms with Gasteiger partial charge in [0.05, 0.1) is 12.7 Å². The molecule has 0 aliphatic heterocycles. The van der Waals surface area contributed by atoms with Crippen molar-refractivity contribution in [2.24, 2.45) is 0 Å². The smallest absolute Gasteiger partial charge is 0.258 e. The lowest BCUT2D eigenvalue weighted by Gasteiger charge is -2.19. The van der Waals surface area contributed by atoms with Crippen molar-refractivity contribution in [2.45, 2.75) is 39.0 Å². The first-order valence-corrected chi connectivity index (χ1v) is 11.5. The van der Waals surface area contributed by atoms with Gasteiger partial charge in [-0.3, -0.25) is 9.36 Å². The molecule has 0 spiro atoms. The number of nitrogens with one attached hydrogen (secondary N) is 1. The van der Waals surface area contributed by atoms with Crippen LogP contribution in [0.3, 0.4) is 0 Å². The minimum Gasteiger partial charge on any atom is -0.486 e. The standard InChI is InChI=1S/C24H27N3O4S/c1-16-15-32-23(26-16)14-31-22-6-7-27(24(30)10-22)20-5-4-18-8-17(2-3-19(18)9-20)11-25-12-21(29)13-28/h2-3,6-10,15,21,25,28-29H,4-5,11-14H2,1H3. The van der Waals surface area contributed by atoms with Crippen molar-refractivity contribution in [3.05, 3.63) is 79.7 Å². The third-order valence-electron chi connectivity index (χ3n) is 5.33. The minimum atomic E-state index is -0.746. The molecule has 1 unspecified atom stereocenters. The first kappa shape index (κ1) is 22.4. The monoisotopic (exact) mass is 453 g/mol. The molecule has 0 amide bonds. The fourth-order valence-corrected chi connectivity index (χ4v) is 4.36. The Morgan fingerprint density at radius 3 is 2.91 bits per heavy atom. The van der Waals surface area contributed by atoms with Crippen LogP contribution in [0.1, 0.15) is 33.8 Å². The molecule has 1 aliphatic rings. The van der Waals surface area contributed by atoms with Crippen molar-refractivity contribution >= 4 is 23.1 Å². The summed E-state index contributed by atoms with van der Waals surface area (Å²) in [5.41, 5.74) is 5.29. The summed E-state index contributed by atoms with van der Waals surface area (Å²) in [7, 11) is 0. The van der Waals surface area contributed by atoms with Crippen molar-refractivity contribution in [1.82, 2.24) is 14.9 Å². The van der Waals surface area contributed by atoms with Crippen LogP contribution in [0.15, 0.2) is 46.7 Å². The maximum atomic E-state index is 12.7. The first-order chi connectivity index (χ1) is 15.5. The Morgan fingerprint density at radius 2 is 2.16 bits per heavy atom. The molecule has 1 atom stereocenters. The number of aromatic nitrogens is 2.